The standard InChI is InChI=1S/C19H29NO/c1-4-10-16-11-9-12-17(15-16)18(21)19(2,3)20-13-7-5-6-8-14-20/h9,11-12,15H,4-8,10,13-14H2,1-3H3. The van der Waals surface area contributed by atoms with E-state index in [1.54, 1.807) is 0 Å². The van der Waals surface area contributed by atoms with Crippen molar-refractivity contribution in [3.8, 4) is 0 Å². The van der Waals surface area contributed by atoms with E-state index in [9.17, 15) is 4.79 Å². The highest BCUT2D eigenvalue weighted by atomic mass is 16.1. The molecule has 1 saturated heterocycles. The first-order valence-corrected chi connectivity index (χ1v) is 8.44. The first kappa shape index (κ1) is 16.2. The van der Waals surface area contributed by atoms with Gasteiger partial charge < -0.3 is 0 Å². The first-order valence-electron chi connectivity index (χ1n) is 8.44. The largest absolute Gasteiger partial charge is 0.292 e. The molecule has 2 heteroatoms. The molecule has 2 nitrogen and oxygen atoms in total. The minimum Gasteiger partial charge on any atom is -0.292 e. The van der Waals surface area contributed by atoms with Crippen LogP contribution in [0.1, 0.15) is 68.8 Å². The van der Waals surface area contributed by atoms with Crippen molar-refractivity contribution in [3.05, 3.63) is 35.4 Å². The number of hydrogen-bond acceptors (Lipinski definition) is 2. The number of likely N-dealkylation sites (tertiary alicyclic amines) is 1. The van der Waals surface area contributed by atoms with Crippen LogP contribution in [0.3, 0.4) is 0 Å². The summed E-state index contributed by atoms with van der Waals surface area (Å²) < 4.78 is 0. The quantitative estimate of drug-likeness (QED) is 0.744. The van der Waals surface area contributed by atoms with Crippen molar-refractivity contribution in [3.63, 3.8) is 0 Å². The summed E-state index contributed by atoms with van der Waals surface area (Å²) in [5.74, 6) is 0.266. The van der Waals surface area contributed by atoms with Crippen LogP contribution in [0.4, 0.5) is 0 Å². The van der Waals surface area contributed by atoms with Crippen LogP contribution in [-0.2, 0) is 6.42 Å². The summed E-state index contributed by atoms with van der Waals surface area (Å²) in [4.78, 5) is 15.4. The fourth-order valence-corrected chi connectivity index (χ4v) is 3.28. The van der Waals surface area contributed by atoms with Gasteiger partial charge in [0, 0.05) is 5.56 Å². The fraction of sp³-hybridized carbons (Fsp3) is 0.632. The summed E-state index contributed by atoms with van der Waals surface area (Å²) in [7, 11) is 0. The highest BCUT2D eigenvalue weighted by Crippen LogP contribution is 2.24. The van der Waals surface area contributed by atoms with Crippen molar-refractivity contribution in [1.29, 1.82) is 0 Å². The molecule has 1 fully saturated rings. The lowest BCUT2D eigenvalue weighted by molar-refractivity contribution is 0.0649. The molecule has 0 aliphatic carbocycles. The maximum atomic E-state index is 13.0. The average molecular weight is 287 g/mol. The molecule has 1 aliphatic rings. The molecule has 0 atom stereocenters. The van der Waals surface area contributed by atoms with Gasteiger partial charge in [0.15, 0.2) is 5.78 Å². The van der Waals surface area contributed by atoms with E-state index in [4.69, 9.17) is 0 Å². The van der Waals surface area contributed by atoms with Gasteiger partial charge in [0.25, 0.3) is 0 Å². The van der Waals surface area contributed by atoms with Gasteiger partial charge >= 0.3 is 0 Å². The summed E-state index contributed by atoms with van der Waals surface area (Å²) in [5.41, 5.74) is 1.75. The average Bonchev–Trinajstić information content (AvgIpc) is 2.76. The van der Waals surface area contributed by atoms with E-state index >= 15 is 0 Å². The molecule has 0 bridgehead atoms. The van der Waals surface area contributed by atoms with Gasteiger partial charge in [-0.25, -0.2) is 0 Å². The molecule has 1 aliphatic heterocycles. The predicted octanol–water partition coefficient (Wildman–Crippen LogP) is 4.48. The van der Waals surface area contributed by atoms with E-state index in [0.29, 0.717) is 0 Å². The third kappa shape index (κ3) is 3.94. The van der Waals surface area contributed by atoms with Crippen molar-refractivity contribution in [2.75, 3.05) is 13.1 Å². The second kappa shape index (κ2) is 7.22. The Hall–Kier alpha value is -1.15. The molecule has 1 aromatic carbocycles. The van der Waals surface area contributed by atoms with Crippen LogP contribution in [0.15, 0.2) is 24.3 Å². The predicted molar refractivity (Wildman–Crippen MR) is 88.9 cm³/mol. The van der Waals surface area contributed by atoms with Crippen molar-refractivity contribution in [1.82, 2.24) is 4.90 Å². The highest BCUT2D eigenvalue weighted by molar-refractivity contribution is 6.02. The lowest BCUT2D eigenvalue weighted by atomic mass is 9.90. The van der Waals surface area contributed by atoms with Gasteiger partial charge in [0.2, 0.25) is 0 Å². The molecule has 0 amide bonds. The molecule has 21 heavy (non-hydrogen) atoms. The van der Waals surface area contributed by atoms with Crippen LogP contribution in [0.25, 0.3) is 0 Å². The molecular formula is C19H29NO. The SMILES string of the molecule is CCCc1cccc(C(=O)C(C)(C)N2CCCCCC2)c1. The summed E-state index contributed by atoms with van der Waals surface area (Å²) in [6, 6.07) is 8.21. The number of carbonyl (C=O) groups excluding carboxylic acids is 1. The fourth-order valence-electron chi connectivity index (χ4n) is 3.28. The van der Waals surface area contributed by atoms with Gasteiger partial charge in [0.05, 0.1) is 5.54 Å². The molecule has 0 unspecified atom stereocenters. The zero-order valence-electron chi connectivity index (χ0n) is 13.8. The minimum absolute atomic E-state index is 0.266. The van der Waals surface area contributed by atoms with Crippen LogP contribution in [0.2, 0.25) is 0 Å². The van der Waals surface area contributed by atoms with E-state index in [1.165, 1.54) is 31.2 Å². The first-order chi connectivity index (χ1) is 10.1. The van der Waals surface area contributed by atoms with Gasteiger partial charge in [-0.3, -0.25) is 9.69 Å². The monoisotopic (exact) mass is 287 g/mol. The third-order valence-electron chi connectivity index (χ3n) is 4.68. The lowest BCUT2D eigenvalue weighted by Crippen LogP contribution is -2.50. The summed E-state index contributed by atoms with van der Waals surface area (Å²) in [6.07, 6.45) is 7.19. The number of carbonyl (C=O) groups is 1. The maximum absolute atomic E-state index is 13.0. The Kier molecular flexibility index (Phi) is 5.58. The number of benzene rings is 1. The van der Waals surface area contributed by atoms with Crippen molar-refractivity contribution < 1.29 is 4.79 Å². The zero-order valence-corrected chi connectivity index (χ0v) is 13.8. The Morgan fingerprint density at radius 1 is 1.14 bits per heavy atom. The molecule has 0 aromatic heterocycles. The molecular weight excluding hydrogens is 258 g/mol. The molecule has 0 saturated carbocycles. The number of rotatable bonds is 5. The van der Waals surface area contributed by atoms with E-state index in [2.05, 4.69) is 37.8 Å². The second-order valence-electron chi connectivity index (χ2n) is 6.74. The number of Topliss-reactive ketones (excluding diaryl/α,β-unsaturated/α-hetero) is 1. The van der Waals surface area contributed by atoms with Crippen molar-refractivity contribution >= 4 is 5.78 Å². The third-order valence-corrected chi connectivity index (χ3v) is 4.68. The summed E-state index contributed by atoms with van der Waals surface area (Å²) in [6.45, 7) is 8.46. The van der Waals surface area contributed by atoms with Gasteiger partial charge in [0.1, 0.15) is 0 Å². The lowest BCUT2D eigenvalue weighted by Gasteiger charge is -2.36. The number of hydrogen-bond donors (Lipinski definition) is 0. The number of ketones is 1. The van der Waals surface area contributed by atoms with Crippen LogP contribution >= 0.6 is 0 Å². The van der Waals surface area contributed by atoms with Gasteiger partial charge in [-0.15, -0.1) is 0 Å². The smallest absolute Gasteiger partial charge is 0.182 e. The van der Waals surface area contributed by atoms with Crippen LogP contribution in [0, 0.1) is 0 Å². The van der Waals surface area contributed by atoms with E-state index in [-0.39, 0.29) is 5.78 Å². The Labute approximate surface area is 129 Å². The van der Waals surface area contributed by atoms with Crippen molar-refractivity contribution in [2.45, 2.75) is 64.8 Å². The number of nitrogens with zero attached hydrogens (tertiary/aromatic N) is 1. The summed E-state index contributed by atoms with van der Waals surface area (Å²) in [5, 5.41) is 0. The van der Waals surface area contributed by atoms with Crippen LogP contribution in [0.5, 0.6) is 0 Å². The molecule has 0 N–H and O–H groups in total. The Bertz CT molecular complexity index is 470. The molecule has 1 heterocycles. The molecule has 116 valence electrons. The molecule has 0 spiro atoms. The Balaban J connectivity index is 2.18. The topological polar surface area (TPSA) is 20.3 Å². The van der Waals surface area contributed by atoms with Gasteiger partial charge in [-0.1, -0.05) is 44.4 Å². The summed E-state index contributed by atoms with van der Waals surface area (Å²) >= 11 is 0. The maximum Gasteiger partial charge on any atom is 0.182 e. The second-order valence-corrected chi connectivity index (χ2v) is 6.74. The van der Waals surface area contributed by atoms with Crippen LogP contribution < -0.4 is 0 Å². The number of aryl methyl sites for hydroxylation is 1. The van der Waals surface area contributed by atoms with Crippen molar-refractivity contribution in [2.24, 2.45) is 0 Å². The highest BCUT2D eigenvalue weighted by Gasteiger charge is 2.35. The van der Waals surface area contributed by atoms with Gasteiger partial charge in [-0.2, -0.15) is 0 Å². The Morgan fingerprint density at radius 3 is 2.43 bits per heavy atom. The normalized spacial score (nSPS) is 17.5. The zero-order chi connectivity index (χ0) is 15.3. The molecule has 2 rings (SSSR count). The van der Waals surface area contributed by atoms with Gasteiger partial charge in [-0.05, 0) is 57.8 Å². The minimum atomic E-state index is -0.394. The molecule has 1 aromatic rings. The molecule has 0 radical (unpaired) electrons. The van der Waals surface area contributed by atoms with Crippen LogP contribution in [-0.4, -0.2) is 29.3 Å². The van der Waals surface area contributed by atoms with E-state index < -0.39 is 5.54 Å². The van der Waals surface area contributed by atoms with E-state index in [0.717, 1.165) is 31.5 Å². The van der Waals surface area contributed by atoms with E-state index in [1.807, 2.05) is 12.1 Å². The Morgan fingerprint density at radius 2 is 1.81 bits per heavy atom.